The van der Waals surface area contributed by atoms with Crippen molar-refractivity contribution in [2.75, 3.05) is 0 Å². The van der Waals surface area contributed by atoms with Crippen LogP contribution >= 0.6 is 11.6 Å². The molecule has 0 bridgehead atoms. The van der Waals surface area contributed by atoms with E-state index in [2.05, 4.69) is 19.1 Å². The van der Waals surface area contributed by atoms with Crippen LogP contribution in [0.1, 0.15) is 16.7 Å². The zero-order chi connectivity index (χ0) is 12.1. The van der Waals surface area contributed by atoms with Crippen LogP contribution in [0, 0.1) is 6.92 Å². The van der Waals surface area contributed by atoms with E-state index in [1.54, 1.807) is 0 Å². The van der Waals surface area contributed by atoms with Crippen molar-refractivity contribution in [2.24, 2.45) is 0 Å². The third kappa shape index (κ3) is 3.50. The fourth-order valence-corrected chi connectivity index (χ4v) is 1.84. The van der Waals surface area contributed by atoms with Crippen molar-refractivity contribution in [1.82, 2.24) is 0 Å². The lowest BCUT2D eigenvalue weighted by Crippen LogP contribution is -1.96. The molecular formula is C15H15ClO. The Kier molecular flexibility index (Phi) is 4.05. The van der Waals surface area contributed by atoms with Gasteiger partial charge in [0.2, 0.25) is 0 Å². The Morgan fingerprint density at radius 1 is 1.00 bits per heavy atom. The van der Waals surface area contributed by atoms with Gasteiger partial charge in [0.05, 0.1) is 0 Å². The quantitative estimate of drug-likeness (QED) is 0.731. The summed E-state index contributed by atoms with van der Waals surface area (Å²) in [6.45, 7) is 2.63. The number of hydrogen-bond acceptors (Lipinski definition) is 1. The topological polar surface area (TPSA) is 9.23 Å². The number of aryl methyl sites for hydroxylation is 1. The molecule has 88 valence electrons. The highest BCUT2D eigenvalue weighted by Gasteiger charge is 1.97. The SMILES string of the molecule is Cc1cccc(OCc2cccc(CCl)c2)c1. The molecular weight excluding hydrogens is 232 g/mol. The Morgan fingerprint density at radius 2 is 1.76 bits per heavy atom. The van der Waals surface area contributed by atoms with Crippen molar-refractivity contribution in [3.05, 3.63) is 65.2 Å². The number of alkyl halides is 1. The summed E-state index contributed by atoms with van der Waals surface area (Å²) in [7, 11) is 0. The molecule has 0 N–H and O–H groups in total. The molecule has 0 amide bonds. The number of rotatable bonds is 4. The van der Waals surface area contributed by atoms with Crippen LogP contribution in [-0.2, 0) is 12.5 Å². The first kappa shape index (κ1) is 12.0. The third-order valence-corrected chi connectivity index (χ3v) is 2.85. The molecule has 2 rings (SSSR count). The van der Waals surface area contributed by atoms with E-state index in [-0.39, 0.29) is 0 Å². The minimum absolute atomic E-state index is 0.540. The lowest BCUT2D eigenvalue weighted by Gasteiger charge is -2.07. The summed E-state index contributed by atoms with van der Waals surface area (Å²) >= 11 is 5.80. The Balaban J connectivity index is 2.02. The lowest BCUT2D eigenvalue weighted by molar-refractivity contribution is 0.306. The van der Waals surface area contributed by atoms with Crippen LogP contribution in [0.4, 0.5) is 0 Å². The number of hydrogen-bond donors (Lipinski definition) is 0. The molecule has 0 saturated carbocycles. The first-order valence-electron chi connectivity index (χ1n) is 5.61. The zero-order valence-corrected chi connectivity index (χ0v) is 10.6. The van der Waals surface area contributed by atoms with Crippen molar-refractivity contribution in [1.29, 1.82) is 0 Å². The van der Waals surface area contributed by atoms with Crippen LogP contribution < -0.4 is 4.74 Å². The third-order valence-electron chi connectivity index (χ3n) is 2.54. The Hall–Kier alpha value is -1.47. The van der Waals surface area contributed by atoms with Crippen molar-refractivity contribution in [3.8, 4) is 5.75 Å². The van der Waals surface area contributed by atoms with E-state index in [9.17, 15) is 0 Å². The second-order valence-corrected chi connectivity index (χ2v) is 4.33. The van der Waals surface area contributed by atoms with E-state index in [0.29, 0.717) is 12.5 Å². The molecule has 0 fully saturated rings. The summed E-state index contributed by atoms with van der Waals surface area (Å²) in [5.41, 5.74) is 3.47. The van der Waals surface area contributed by atoms with Crippen molar-refractivity contribution >= 4 is 11.6 Å². The first-order valence-corrected chi connectivity index (χ1v) is 6.14. The van der Waals surface area contributed by atoms with Crippen molar-refractivity contribution in [2.45, 2.75) is 19.4 Å². The summed E-state index contributed by atoms with van der Waals surface area (Å²) < 4.78 is 5.73. The molecule has 0 spiro atoms. The van der Waals surface area contributed by atoms with Crippen LogP contribution in [0.25, 0.3) is 0 Å². The standard InChI is InChI=1S/C15H15ClO/c1-12-4-2-7-15(8-12)17-11-14-6-3-5-13(9-14)10-16/h2-9H,10-11H2,1H3. The van der Waals surface area contributed by atoms with Gasteiger partial charge in [-0.1, -0.05) is 36.4 Å². The maximum absolute atomic E-state index is 5.80. The molecule has 2 heteroatoms. The van der Waals surface area contributed by atoms with Crippen LogP contribution in [-0.4, -0.2) is 0 Å². The molecule has 0 saturated heterocycles. The largest absolute Gasteiger partial charge is 0.489 e. The highest BCUT2D eigenvalue weighted by molar-refractivity contribution is 6.17. The minimum atomic E-state index is 0.540. The number of benzene rings is 2. The maximum atomic E-state index is 5.80. The molecule has 0 heterocycles. The number of ether oxygens (including phenoxy) is 1. The van der Waals surface area contributed by atoms with E-state index in [4.69, 9.17) is 16.3 Å². The lowest BCUT2D eigenvalue weighted by atomic mass is 10.1. The van der Waals surface area contributed by atoms with Gasteiger partial charge in [-0.2, -0.15) is 0 Å². The first-order chi connectivity index (χ1) is 8.28. The van der Waals surface area contributed by atoms with Gasteiger partial charge in [-0.15, -0.1) is 11.6 Å². The monoisotopic (exact) mass is 246 g/mol. The molecule has 0 unspecified atom stereocenters. The summed E-state index contributed by atoms with van der Waals surface area (Å²) in [6, 6.07) is 16.2. The average Bonchev–Trinajstić information content (AvgIpc) is 2.37. The van der Waals surface area contributed by atoms with Crippen molar-refractivity contribution < 1.29 is 4.74 Å². The molecule has 0 aliphatic carbocycles. The fourth-order valence-electron chi connectivity index (χ4n) is 1.67. The van der Waals surface area contributed by atoms with E-state index in [0.717, 1.165) is 16.9 Å². The van der Waals surface area contributed by atoms with Gasteiger partial charge < -0.3 is 4.74 Å². The van der Waals surface area contributed by atoms with E-state index in [1.165, 1.54) is 5.56 Å². The van der Waals surface area contributed by atoms with Gasteiger partial charge in [0.25, 0.3) is 0 Å². The zero-order valence-electron chi connectivity index (χ0n) is 9.82. The van der Waals surface area contributed by atoms with E-state index < -0.39 is 0 Å². The molecule has 2 aromatic carbocycles. The van der Waals surface area contributed by atoms with Crippen LogP contribution in [0.2, 0.25) is 0 Å². The van der Waals surface area contributed by atoms with Gasteiger partial charge in [0, 0.05) is 5.88 Å². The smallest absolute Gasteiger partial charge is 0.120 e. The molecule has 1 nitrogen and oxygen atoms in total. The minimum Gasteiger partial charge on any atom is -0.489 e. The normalized spacial score (nSPS) is 10.2. The summed E-state index contributed by atoms with van der Waals surface area (Å²) in [6.07, 6.45) is 0. The van der Waals surface area contributed by atoms with Crippen LogP contribution in [0.3, 0.4) is 0 Å². The fraction of sp³-hybridized carbons (Fsp3) is 0.200. The van der Waals surface area contributed by atoms with Gasteiger partial charge >= 0.3 is 0 Å². The second kappa shape index (κ2) is 5.74. The summed E-state index contributed by atoms with van der Waals surface area (Å²) in [5, 5.41) is 0. The highest BCUT2D eigenvalue weighted by atomic mass is 35.5. The van der Waals surface area contributed by atoms with Crippen LogP contribution in [0.5, 0.6) is 5.75 Å². The maximum Gasteiger partial charge on any atom is 0.120 e. The summed E-state index contributed by atoms with van der Waals surface area (Å²) in [4.78, 5) is 0. The molecule has 0 aliphatic rings. The van der Waals surface area contributed by atoms with Gasteiger partial charge in [0.15, 0.2) is 0 Å². The molecule has 17 heavy (non-hydrogen) atoms. The number of halogens is 1. The molecule has 0 aliphatic heterocycles. The van der Waals surface area contributed by atoms with Gasteiger partial charge in [-0.25, -0.2) is 0 Å². The Bertz CT molecular complexity index is 494. The van der Waals surface area contributed by atoms with E-state index in [1.807, 2.05) is 36.4 Å². The average molecular weight is 247 g/mol. The molecule has 0 aromatic heterocycles. The second-order valence-electron chi connectivity index (χ2n) is 4.06. The predicted octanol–water partition coefficient (Wildman–Crippen LogP) is 4.31. The molecule has 0 atom stereocenters. The Labute approximate surface area is 107 Å². The van der Waals surface area contributed by atoms with Gasteiger partial charge in [-0.3, -0.25) is 0 Å². The summed E-state index contributed by atoms with van der Waals surface area (Å²) in [5.74, 6) is 1.44. The van der Waals surface area contributed by atoms with Gasteiger partial charge in [-0.05, 0) is 35.7 Å². The predicted molar refractivity (Wildman–Crippen MR) is 71.5 cm³/mol. The molecule has 2 aromatic rings. The van der Waals surface area contributed by atoms with E-state index >= 15 is 0 Å². The Morgan fingerprint density at radius 3 is 2.53 bits per heavy atom. The van der Waals surface area contributed by atoms with Gasteiger partial charge in [0.1, 0.15) is 12.4 Å². The highest BCUT2D eigenvalue weighted by Crippen LogP contribution is 2.15. The van der Waals surface area contributed by atoms with Crippen molar-refractivity contribution in [3.63, 3.8) is 0 Å². The van der Waals surface area contributed by atoms with Crippen LogP contribution in [0.15, 0.2) is 48.5 Å². The molecule has 0 radical (unpaired) electrons.